The highest BCUT2D eigenvalue weighted by Gasteiger charge is 2.06. The largest absolute Gasteiger partial charge is 0.236 e. The lowest BCUT2D eigenvalue weighted by Crippen LogP contribution is -1.69. The molecule has 1 nitrogen and oxygen atoms in total. The summed E-state index contributed by atoms with van der Waals surface area (Å²) < 4.78 is 1.14. The molecule has 2 heterocycles. The minimum atomic E-state index is 0.767. The van der Waals surface area contributed by atoms with Crippen molar-refractivity contribution in [1.29, 1.82) is 0 Å². The third kappa shape index (κ3) is 1.67. The monoisotopic (exact) mass is 251 g/mol. The first kappa shape index (κ1) is 9.33. The molecule has 0 aliphatic carbocycles. The van der Waals surface area contributed by atoms with Gasteiger partial charge in [0.2, 0.25) is 0 Å². The Kier molecular flexibility index (Phi) is 2.24. The maximum Gasteiger partial charge on any atom is 0.125 e. The second-order valence-corrected chi connectivity index (χ2v) is 5.39. The van der Waals surface area contributed by atoms with E-state index in [2.05, 4.69) is 21.8 Å². The van der Waals surface area contributed by atoms with Crippen LogP contribution in [0, 0.1) is 0 Å². The molecule has 1 aromatic carbocycles. The van der Waals surface area contributed by atoms with Crippen LogP contribution in [-0.4, -0.2) is 4.98 Å². The maximum atomic E-state index is 5.93. The number of thiophene rings is 1. The van der Waals surface area contributed by atoms with Crippen molar-refractivity contribution < 1.29 is 0 Å². The zero-order chi connectivity index (χ0) is 10.3. The van der Waals surface area contributed by atoms with Crippen LogP contribution in [0.25, 0.3) is 20.8 Å². The first-order valence-electron chi connectivity index (χ1n) is 4.41. The van der Waals surface area contributed by atoms with E-state index in [1.54, 1.807) is 22.7 Å². The second-order valence-electron chi connectivity index (χ2n) is 3.14. The number of hydrogen-bond donors (Lipinski definition) is 0. The van der Waals surface area contributed by atoms with Gasteiger partial charge in [-0.1, -0.05) is 11.6 Å². The summed E-state index contributed by atoms with van der Waals surface area (Å²) in [5, 5.41) is 6.00. The quantitative estimate of drug-likeness (QED) is 0.612. The van der Waals surface area contributed by atoms with Gasteiger partial charge in [0.15, 0.2) is 0 Å². The SMILES string of the molecule is Clc1ccc2nc(-c3ccsc3)sc2c1. The van der Waals surface area contributed by atoms with E-state index in [1.165, 1.54) is 5.56 Å². The van der Waals surface area contributed by atoms with Crippen molar-refractivity contribution in [3.63, 3.8) is 0 Å². The van der Waals surface area contributed by atoms with Crippen LogP contribution in [0.2, 0.25) is 5.02 Å². The molecule has 0 aliphatic heterocycles. The van der Waals surface area contributed by atoms with Crippen molar-refractivity contribution in [2.45, 2.75) is 0 Å². The summed E-state index contributed by atoms with van der Waals surface area (Å²) in [6.07, 6.45) is 0. The van der Waals surface area contributed by atoms with E-state index in [9.17, 15) is 0 Å². The second kappa shape index (κ2) is 3.59. The van der Waals surface area contributed by atoms with Crippen LogP contribution < -0.4 is 0 Å². The minimum absolute atomic E-state index is 0.767. The molecule has 0 unspecified atom stereocenters. The summed E-state index contributed by atoms with van der Waals surface area (Å²) in [5.41, 5.74) is 2.21. The Labute approximate surface area is 100.0 Å². The molecule has 0 saturated heterocycles. The molecule has 0 amide bonds. The molecule has 4 heteroatoms. The van der Waals surface area contributed by atoms with Gasteiger partial charge in [-0.2, -0.15) is 11.3 Å². The van der Waals surface area contributed by atoms with E-state index in [0.29, 0.717) is 0 Å². The van der Waals surface area contributed by atoms with Gasteiger partial charge in [0.05, 0.1) is 10.2 Å². The first-order chi connectivity index (χ1) is 7.33. The lowest BCUT2D eigenvalue weighted by molar-refractivity contribution is 1.49. The standard InChI is InChI=1S/C11H6ClNS2/c12-8-1-2-9-10(5-8)15-11(13-9)7-3-4-14-6-7/h1-6H. The van der Waals surface area contributed by atoms with Crippen molar-refractivity contribution in [3.05, 3.63) is 40.0 Å². The highest BCUT2D eigenvalue weighted by Crippen LogP contribution is 2.32. The van der Waals surface area contributed by atoms with Gasteiger partial charge in [-0.15, -0.1) is 11.3 Å². The molecule has 0 bridgehead atoms. The highest BCUT2D eigenvalue weighted by atomic mass is 35.5. The summed E-state index contributed by atoms with van der Waals surface area (Å²) in [5.74, 6) is 0. The lowest BCUT2D eigenvalue weighted by Gasteiger charge is -1.86. The van der Waals surface area contributed by atoms with Gasteiger partial charge in [-0.05, 0) is 29.6 Å². The Balaban J connectivity index is 2.22. The molecule has 15 heavy (non-hydrogen) atoms. The summed E-state index contributed by atoms with van der Waals surface area (Å²) in [7, 11) is 0. The van der Waals surface area contributed by atoms with E-state index in [4.69, 9.17) is 11.6 Å². The van der Waals surface area contributed by atoms with Gasteiger partial charge in [-0.3, -0.25) is 0 Å². The summed E-state index contributed by atoms with van der Waals surface area (Å²) in [6.45, 7) is 0. The Morgan fingerprint density at radius 3 is 2.93 bits per heavy atom. The number of thiazole rings is 1. The number of halogens is 1. The van der Waals surface area contributed by atoms with Crippen molar-refractivity contribution >= 4 is 44.5 Å². The van der Waals surface area contributed by atoms with Gasteiger partial charge < -0.3 is 0 Å². The Morgan fingerprint density at radius 2 is 2.13 bits per heavy atom. The van der Waals surface area contributed by atoms with Crippen LogP contribution in [-0.2, 0) is 0 Å². The molecule has 3 rings (SSSR count). The molecule has 2 aromatic heterocycles. The van der Waals surface area contributed by atoms with Crippen molar-refractivity contribution in [2.75, 3.05) is 0 Å². The lowest BCUT2D eigenvalue weighted by atomic mass is 10.3. The number of fused-ring (bicyclic) bond motifs is 1. The molecule has 0 spiro atoms. The zero-order valence-corrected chi connectivity index (χ0v) is 9.99. The molecular weight excluding hydrogens is 246 g/mol. The van der Waals surface area contributed by atoms with Crippen LogP contribution in [0.1, 0.15) is 0 Å². The Hall–Kier alpha value is -0.900. The smallest absolute Gasteiger partial charge is 0.125 e. The molecule has 0 radical (unpaired) electrons. The molecule has 0 N–H and O–H groups in total. The molecule has 0 aliphatic rings. The number of aromatic nitrogens is 1. The van der Waals surface area contributed by atoms with Gasteiger partial charge >= 0.3 is 0 Å². The molecule has 3 aromatic rings. The maximum absolute atomic E-state index is 5.93. The topological polar surface area (TPSA) is 12.9 Å². The van der Waals surface area contributed by atoms with Crippen LogP contribution in [0.15, 0.2) is 35.0 Å². The van der Waals surface area contributed by atoms with Crippen LogP contribution in [0.4, 0.5) is 0 Å². The van der Waals surface area contributed by atoms with E-state index >= 15 is 0 Å². The predicted molar refractivity (Wildman–Crippen MR) is 67.9 cm³/mol. The van der Waals surface area contributed by atoms with Crippen molar-refractivity contribution in [1.82, 2.24) is 4.98 Å². The number of nitrogens with zero attached hydrogens (tertiary/aromatic N) is 1. The average molecular weight is 252 g/mol. The fourth-order valence-electron chi connectivity index (χ4n) is 1.41. The number of benzene rings is 1. The van der Waals surface area contributed by atoms with Crippen molar-refractivity contribution in [2.24, 2.45) is 0 Å². The minimum Gasteiger partial charge on any atom is -0.236 e. The van der Waals surface area contributed by atoms with Gasteiger partial charge in [0.25, 0.3) is 0 Å². The summed E-state index contributed by atoms with van der Waals surface area (Å²) >= 11 is 9.30. The molecule has 0 atom stereocenters. The highest BCUT2D eigenvalue weighted by molar-refractivity contribution is 7.22. The normalized spacial score (nSPS) is 11.0. The molecular formula is C11H6ClNS2. The Morgan fingerprint density at radius 1 is 1.20 bits per heavy atom. The molecule has 0 saturated carbocycles. The molecule has 74 valence electrons. The summed E-state index contributed by atoms with van der Waals surface area (Å²) in [6, 6.07) is 7.89. The van der Waals surface area contributed by atoms with Crippen LogP contribution in [0.5, 0.6) is 0 Å². The van der Waals surface area contributed by atoms with E-state index < -0.39 is 0 Å². The van der Waals surface area contributed by atoms with Crippen LogP contribution >= 0.6 is 34.3 Å². The number of hydrogen-bond acceptors (Lipinski definition) is 3. The van der Waals surface area contributed by atoms with E-state index in [-0.39, 0.29) is 0 Å². The Bertz CT molecular complexity index is 598. The fourth-order valence-corrected chi connectivity index (χ4v) is 3.36. The third-order valence-electron chi connectivity index (χ3n) is 2.12. The van der Waals surface area contributed by atoms with Gasteiger partial charge in [-0.25, -0.2) is 4.98 Å². The summed E-state index contributed by atoms with van der Waals surface area (Å²) in [4.78, 5) is 4.56. The van der Waals surface area contributed by atoms with E-state index in [0.717, 1.165) is 20.2 Å². The zero-order valence-electron chi connectivity index (χ0n) is 7.61. The third-order valence-corrected chi connectivity index (χ3v) is 4.10. The van der Waals surface area contributed by atoms with Crippen molar-refractivity contribution in [3.8, 4) is 10.6 Å². The van der Waals surface area contributed by atoms with E-state index in [1.807, 2.05) is 18.2 Å². The fraction of sp³-hybridized carbons (Fsp3) is 0. The first-order valence-corrected chi connectivity index (χ1v) is 6.55. The van der Waals surface area contributed by atoms with Crippen LogP contribution in [0.3, 0.4) is 0 Å². The van der Waals surface area contributed by atoms with Gasteiger partial charge in [0.1, 0.15) is 5.01 Å². The average Bonchev–Trinajstić information content (AvgIpc) is 2.84. The molecule has 0 fully saturated rings. The number of rotatable bonds is 1. The predicted octanol–water partition coefficient (Wildman–Crippen LogP) is 4.68. The van der Waals surface area contributed by atoms with Gasteiger partial charge in [0, 0.05) is 16.0 Å².